The van der Waals surface area contributed by atoms with Gasteiger partial charge in [0.15, 0.2) is 5.54 Å². The molecule has 0 radical (unpaired) electrons. The van der Waals surface area contributed by atoms with Gasteiger partial charge in [0.25, 0.3) is 0 Å². The summed E-state index contributed by atoms with van der Waals surface area (Å²) in [4.78, 5) is 27.5. The van der Waals surface area contributed by atoms with Crippen molar-refractivity contribution in [2.75, 3.05) is 19.8 Å². The highest BCUT2D eigenvalue weighted by molar-refractivity contribution is 9.11. The molecule has 0 unspecified atom stereocenters. The first-order chi connectivity index (χ1) is 9.72. The van der Waals surface area contributed by atoms with Crippen molar-refractivity contribution in [1.82, 2.24) is 4.90 Å². The van der Waals surface area contributed by atoms with Crippen molar-refractivity contribution < 1.29 is 24.2 Å². The number of carbonyl (C=O) groups is 2. The molecule has 7 heteroatoms. The summed E-state index contributed by atoms with van der Waals surface area (Å²) in [5, 5.41) is 9.82. The number of ether oxygens (including phenoxy) is 2. The largest absolute Gasteiger partial charge is 0.464 e. The number of amides is 1. The lowest BCUT2D eigenvalue weighted by atomic mass is 9.92. The molecule has 6 nitrogen and oxygen atoms in total. The number of aliphatic hydroxyl groups is 1. The minimum atomic E-state index is -1.51. The van der Waals surface area contributed by atoms with Gasteiger partial charge >= 0.3 is 12.1 Å². The molecular weight excluding hydrogens is 342 g/mol. The van der Waals surface area contributed by atoms with Crippen LogP contribution in [0.3, 0.4) is 0 Å². The van der Waals surface area contributed by atoms with Gasteiger partial charge in [0.1, 0.15) is 5.60 Å². The molecule has 0 aromatic heterocycles. The van der Waals surface area contributed by atoms with Crippen LogP contribution < -0.4 is 0 Å². The molecule has 1 heterocycles. The van der Waals surface area contributed by atoms with E-state index in [9.17, 15) is 14.7 Å². The zero-order valence-electron chi connectivity index (χ0n) is 12.8. The molecule has 1 rings (SSSR count). The van der Waals surface area contributed by atoms with Gasteiger partial charge < -0.3 is 14.6 Å². The number of likely N-dealkylation sites (tertiary alicyclic amines) is 1. The number of aliphatic hydroxyl groups excluding tert-OH is 1. The predicted octanol–water partition coefficient (Wildman–Crippen LogP) is 2.20. The topological polar surface area (TPSA) is 76.1 Å². The molecule has 1 aliphatic rings. The van der Waals surface area contributed by atoms with E-state index in [-0.39, 0.29) is 13.2 Å². The average molecular weight is 364 g/mol. The van der Waals surface area contributed by atoms with E-state index in [1.807, 2.05) is 0 Å². The summed E-state index contributed by atoms with van der Waals surface area (Å²) in [5.74, 6) is -0.651. The van der Waals surface area contributed by atoms with Crippen LogP contribution in [0.15, 0.2) is 10.6 Å². The molecule has 1 N–H and O–H groups in total. The van der Waals surface area contributed by atoms with E-state index in [4.69, 9.17) is 9.47 Å². The van der Waals surface area contributed by atoms with Crippen LogP contribution in [0.25, 0.3) is 0 Å². The fourth-order valence-corrected chi connectivity index (χ4v) is 2.86. The van der Waals surface area contributed by atoms with Crippen LogP contribution in [0.4, 0.5) is 4.79 Å². The lowest BCUT2D eigenvalue weighted by molar-refractivity contribution is -0.155. The van der Waals surface area contributed by atoms with E-state index in [0.717, 1.165) is 0 Å². The quantitative estimate of drug-likeness (QED) is 0.777. The maximum absolute atomic E-state index is 12.4. The van der Waals surface area contributed by atoms with E-state index >= 15 is 0 Å². The van der Waals surface area contributed by atoms with Crippen LogP contribution in [0.2, 0.25) is 0 Å². The highest BCUT2D eigenvalue weighted by Gasteiger charge is 2.55. The zero-order chi connectivity index (χ0) is 16.3. The molecule has 0 aliphatic carbocycles. The van der Waals surface area contributed by atoms with Crippen LogP contribution in [0.5, 0.6) is 0 Å². The Balaban J connectivity index is 3.18. The first-order valence-electron chi connectivity index (χ1n) is 6.81. The van der Waals surface area contributed by atoms with Crippen molar-refractivity contribution in [3.8, 4) is 0 Å². The highest BCUT2D eigenvalue weighted by atomic mass is 79.9. The van der Waals surface area contributed by atoms with Crippen LogP contribution in [-0.2, 0) is 14.3 Å². The second-order valence-electron chi connectivity index (χ2n) is 5.76. The normalized spacial score (nSPS) is 24.3. The van der Waals surface area contributed by atoms with Crippen LogP contribution in [0, 0.1) is 0 Å². The Morgan fingerprint density at radius 2 is 2.10 bits per heavy atom. The van der Waals surface area contributed by atoms with Crippen LogP contribution in [0.1, 0.15) is 34.1 Å². The Bertz CT molecular complexity index is 443. The minimum absolute atomic E-state index is 0.165. The second kappa shape index (κ2) is 6.79. The van der Waals surface area contributed by atoms with Gasteiger partial charge in [-0.15, -0.1) is 0 Å². The number of esters is 1. The SMILES string of the molecule is CCOC(=O)[C@@]1(CO)/C(=C\Br)CCN1C(=O)OC(C)(C)C. The lowest BCUT2D eigenvalue weighted by Gasteiger charge is -2.36. The van der Waals surface area contributed by atoms with Gasteiger partial charge in [-0.2, -0.15) is 0 Å². The third-order valence-electron chi connectivity index (χ3n) is 3.18. The molecule has 1 amide bonds. The van der Waals surface area contributed by atoms with Crippen molar-refractivity contribution in [2.24, 2.45) is 0 Å². The highest BCUT2D eigenvalue weighted by Crippen LogP contribution is 2.37. The zero-order valence-corrected chi connectivity index (χ0v) is 14.4. The molecule has 0 aromatic rings. The smallest absolute Gasteiger partial charge is 0.411 e. The lowest BCUT2D eigenvalue weighted by Crippen LogP contribution is -2.58. The van der Waals surface area contributed by atoms with Crippen molar-refractivity contribution in [3.05, 3.63) is 10.6 Å². The van der Waals surface area contributed by atoms with Crippen molar-refractivity contribution in [3.63, 3.8) is 0 Å². The fraction of sp³-hybridized carbons (Fsp3) is 0.714. The van der Waals surface area contributed by atoms with E-state index < -0.39 is 29.8 Å². The summed E-state index contributed by atoms with van der Waals surface area (Å²) < 4.78 is 10.4. The Kier molecular flexibility index (Phi) is 5.81. The van der Waals surface area contributed by atoms with Crippen molar-refractivity contribution >= 4 is 28.0 Å². The molecule has 0 saturated carbocycles. The summed E-state index contributed by atoms with van der Waals surface area (Å²) >= 11 is 3.19. The van der Waals surface area contributed by atoms with E-state index in [0.29, 0.717) is 12.0 Å². The number of rotatable bonds is 3. The van der Waals surface area contributed by atoms with E-state index in [1.54, 1.807) is 32.7 Å². The molecule has 1 fully saturated rings. The molecule has 120 valence electrons. The standard InChI is InChI=1S/C14H22BrNO5/c1-5-20-11(18)14(9-17)10(8-15)6-7-16(14)12(19)21-13(2,3)4/h8,17H,5-7,9H2,1-4H3/b10-8-/t14-/m1/s1. The third-order valence-corrected chi connectivity index (χ3v) is 3.74. The summed E-state index contributed by atoms with van der Waals surface area (Å²) in [7, 11) is 0. The van der Waals surface area contributed by atoms with Gasteiger partial charge in [-0.05, 0) is 44.7 Å². The van der Waals surface area contributed by atoms with Crippen LogP contribution >= 0.6 is 15.9 Å². The molecule has 0 aromatic carbocycles. The van der Waals surface area contributed by atoms with Gasteiger partial charge in [0, 0.05) is 6.54 Å². The van der Waals surface area contributed by atoms with Crippen molar-refractivity contribution in [2.45, 2.75) is 45.3 Å². The number of halogens is 1. The third kappa shape index (κ3) is 3.58. The fourth-order valence-electron chi connectivity index (χ4n) is 2.26. The van der Waals surface area contributed by atoms with Gasteiger partial charge in [-0.1, -0.05) is 15.9 Å². The first kappa shape index (κ1) is 18.0. The van der Waals surface area contributed by atoms with Crippen molar-refractivity contribution in [1.29, 1.82) is 0 Å². The van der Waals surface area contributed by atoms with E-state index in [1.165, 1.54) is 4.90 Å². The maximum atomic E-state index is 12.4. The number of hydrogen-bond donors (Lipinski definition) is 1. The monoisotopic (exact) mass is 363 g/mol. The molecule has 21 heavy (non-hydrogen) atoms. The summed E-state index contributed by atoms with van der Waals surface area (Å²) in [5.41, 5.74) is -1.61. The predicted molar refractivity (Wildman–Crippen MR) is 81.0 cm³/mol. The van der Waals surface area contributed by atoms with Gasteiger partial charge in [-0.25, -0.2) is 9.59 Å². The number of nitrogens with zero attached hydrogens (tertiary/aromatic N) is 1. The van der Waals surface area contributed by atoms with Gasteiger partial charge in [0.05, 0.1) is 13.2 Å². The molecule has 1 atom stereocenters. The van der Waals surface area contributed by atoms with E-state index in [2.05, 4.69) is 15.9 Å². The Labute approximate surface area is 133 Å². The van der Waals surface area contributed by atoms with Gasteiger partial charge in [0.2, 0.25) is 0 Å². The molecule has 0 bridgehead atoms. The summed E-state index contributed by atoms with van der Waals surface area (Å²) in [6, 6.07) is 0. The molecule has 0 spiro atoms. The van der Waals surface area contributed by atoms with Gasteiger partial charge in [-0.3, -0.25) is 4.90 Å². The van der Waals surface area contributed by atoms with Crippen LogP contribution in [-0.4, -0.2) is 53.0 Å². The summed E-state index contributed by atoms with van der Waals surface area (Å²) in [6.07, 6.45) is -0.182. The Hall–Kier alpha value is -1.08. The maximum Gasteiger partial charge on any atom is 0.411 e. The average Bonchev–Trinajstić information content (AvgIpc) is 2.76. The number of hydrogen-bond acceptors (Lipinski definition) is 5. The Morgan fingerprint density at radius 3 is 2.52 bits per heavy atom. The molecular formula is C14H22BrNO5. The minimum Gasteiger partial charge on any atom is -0.464 e. The number of carbonyl (C=O) groups excluding carboxylic acids is 2. The summed E-state index contributed by atoms with van der Waals surface area (Å²) in [6.45, 7) is 6.80. The first-order valence-corrected chi connectivity index (χ1v) is 7.73. The Morgan fingerprint density at radius 1 is 1.48 bits per heavy atom. The molecule has 1 aliphatic heterocycles. The second-order valence-corrected chi connectivity index (χ2v) is 6.21. The molecule has 1 saturated heterocycles.